The molecule has 140 valence electrons. The second-order valence-electron chi connectivity index (χ2n) is 5.94. The van der Waals surface area contributed by atoms with E-state index in [1.54, 1.807) is 29.2 Å². The fourth-order valence-corrected chi connectivity index (χ4v) is 2.63. The summed E-state index contributed by atoms with van der Waals surface area (Å²) in [5.74, 6) is -1.05. The first kappa shape index (κ1) is 18.4. The minimum atomic E-state index is -0.563. The first-order chi connectivity index (χ1) is 13.0. The van der Waals surface area contributed by atoms with Crippen LogP contribution in [0.5, 0.6) is 5.75 Å². The predicted octanol–water partition coefficient (Wildman–Crippen LogP) is 1.79. The molecule has 1 aliphatic heterocycles. The van der Waals surface area contributed by atoms with Gasteiger partial charge in [-0.1, -0.05) is 0 Å². The molecule has 0 unspecified atom stereocenters. The van der Waals surface area contributed by atoms with Crippen molar-refractivity contribution in [3.63, 3.8) is 0 Å². The second-order valence-corrected chi connectivity index (χ2v) is 5.94. The number of benzene rings is 2. The largest absolute Gasteiger partial charge is 0.484 e. The SMILES string of the molecule is O=C(COc1ccc(F)cc1)NNC(=O)c1ccc(N2CCCC2=O)cc1. The average Bonchev–Trinajstić information content (AvgIpc) is 3.11. The second kappa shape index (κ2) is 8.31. The predicted molar refractivity (Wildman–Crippen MR) is 95.5 cm³/mol. The summed E-state index contributed by atoms with van der Waals surface area (Å²) in [4.78, 5) is 37.2. The van der Waals surface area contributed by atoms with Gasteiger partial charge in [0.1, 0.15) is 11.6 Å². The van der Waals surface area contributed by atoms with Crippen molar-refractivity contribution in [1.82, 2.24) is 10.9 Å². The van der Waals surface area contributed by atoms with Crippen molar-refractivity contribution in [1.29, 1.82) is 0 Å². The molecule has 0 bridgehead atoms. The minimum absolute atomic E-state index is 0.0700. The molecule has 1 heterocycles. The monoisotopic (exact) mass is 371 g/mol. The summed E-state index contributed by atoms with van der Waals surface area (Å²) in [5.41, 5.74) is 5.60. The smallest absolute Gasteiger partial charge is 0.276 e. The lowest BCUT2D eigenvalue weighted by molar-refractivity contribution is -0.123. The number of nitrogens with zero attached hydrogens (tertiary/aromatic N) is 1. The Balaban J connectivity index is 1.46. The van der Waals surface area contributed by atoms with Gasteiger partial charge in [-0.05, 0) is 55.0 Å². The maximum absolute atomic E-state index is 12.8. The van der Waals surface area contributed by atoms with Gasteiger partial charge in [0.2, 0.25) is 5.91 Å². The molecule has 3 amide bonds. The lowest BCUT2D eigenvalue weighted by Crippen LogP contribution is -2.43. The van der Waals surface area contributed by atoms with Crippen LogP contribution in [0.2, 0.25) is 0 Å². The Labute approximate surface area is 155 Å². The van der Waals surface area contributed by atoms with Crippen molar-refractivity contribution in [2.24, 2.45) is 0 Å². The molecule has 27 heavy (non-hydrogen) atoms. The van der Waals surface area contributed by atoms with Crippen molar-refractivity contribution >= 4 is 23.4 Å². The van der Waals surface area contributed by atoms with Crippen LogP contribution in [0.4, 0.5) is 10.1 Å². The zero-order valence-electron chi connectivity index (χ0n) is 14.4. The molecule has 0 atom stereocenters. The number of hydrazine groups is 1. The van der Waals surface area contributed by atoms with E-state index in [9.17, 15) is 18.8 Å². The highest BCUT2D eigenvalue weighted by Crippen LogP contribution is 2.21. The Morgan fingerprint density at radius 3 is 2.37 bits per heavy atom. The summed E-state index contributed by atoms with van der Waals surface area (Å²) in [6, 6.07) is 11.8. The number of carbonyl (C=O) groups excluding carboxylic acids is 3. The summed E-state index contributed by atoms with van der Waals surface area (Å²) in [5, 5.41) is 0. The van der Waals surface area contributed by atoms with E-state index in [1.807, 2.05) is 0 Å². The number of carbonyl (C=O) groups is 3. The fraction of sp³-hybridized carbons (Fsp3) is 0.211. The third-order valence-electron chi connectivity index (χ3n) is 4.01. The number of rotatable bonds is 5. The molecule has 0 aromatic heterocycles. The highest BCUT2D eigenvalue weighted by molar-refractivity contribution is 5.98. The molecular weight excluding hydrogens is 353 g/mol. The van der Waals surface area contributed by atoms with Gasteiger partial charge in [-0.2, -0.15) is 0 Å². The maximum Gasteiger partial charge on any atom is 0.276 e. The van der Waals surface area contributed by atoms with Crippen LogP contribution in [0.3, 0.4) is 0 Å². The Morgan fingerprint density at radius 2 is 1.74 bits per heavy atom. The fourth-order valence-electron chi connectivity index (χ4n) is 2.63. The number of amides is 3. The normalized spacial score (nSPS) is 13.4. The molecule has 0 aliphatic carbocycles. The van der Waals surface area contributed by atoms with E-state index in [2.05, 4.69) is 10.9 Å². The number of nitrogens with one attached hydrogen (secondary N) is 2. The molecule has 2 aromatic carbocycles. The van der Waals surface area contributed by atoms with Gasteiger partial charge in [0.05, 0.1) is 0 Å². The van der Waals surface area contributed by atoms with Gasteiger partial charge in [-0.15, -0.1) is 0 Å². The molecule has 2 N–H and O–H groups in total. The molecule has 0 radical (unpaired) electrons. The molecular formula is C19H18FN3O4. The molecule has 1 saturated heterocycles. The summed E-state index contributed by atoms with van der Waals surface area (Å²) in [6.45, 7) is 0.344. The molecule has 2 aromatic rings. The number of hydrogen-bond acceptors (Lipinski definition) is 4. The Morgan fingerprint density at radius 1 is 1.04 bits per heavy atom. The Kier molecular flexibility index (Phi) is 5.65. The van der Waals surface area contributed by atoms with Crippen molar-refractivity contribution < 1.29 is 23.5 Å². The summed E-state index contributed by atoms with van der Waals surface area (Å²) in [6.07, 6.45) is 1.36. The highest BCUT2D eigenvalue weighted by Gasteiger charge is 2.21. The Hall–Kier alpha value is -3.42. The van der Waals surface area contributed by atoms with Crippen molar-refractivity contribution in [2.75, 3.05) is 18.1 Å². The van der Waals surface area contributed by atoms with Crippen LogP contribution in [0.25, 0.3) is 0 Å². The van der Waals surface area contributed by atoms with Gasteiger partial charge >= 0.3 is 0 Å². The quantitative estimate of drug-likeness (QED) is 0.785. The number of hydrogen-bond donors (Lipinski definition) is 2. The van der Waals surface area contributed by atoms with E-state index in [0.29, 0.717) is 24.3 Å². The van der Waals surface area contributed by atoms with Gasteiger partial charge < -0.3 is 9.64 Å². The standard InChI is InChI=1S/C19H18FN3O4/c20-14-5-9-16(10-6-14)27-12-17(24)21-22-19(26)13-3-7-15(8-4-13)23-11-1-2-18(23)25/h3-10H,1-2,11-12H2,(H,21,24)(H,22,26). The van der Waals surface area contributed by atoms with E-state index < -0.39 is 17.6 Å². The first-order valence-corrected chi connectivity index (χ1v) is 8.41. The van der Waals surface area contributed by atoms with E-state index in [0.717, 1.165) is 12.1 Å². The van der Waals surface area contributed by atoms with Gasteiger partial charge in [0, 0.05) is 24.2 Å². The maximum atomic E-state index is 12.8. The van der Waals surface area contributed by atoms with Gasteiger partial charge in [0.25, 0.3) is 11.8 Å². The highest BCUT2D eigenvalue weighted by atomic mass is 19.1. The molecule has 1 aliphatic rings. The minimum Gasteiger partial charge on any atom is -0.484 e. The number of anilines is 1. The van der Waals surface area contributed by atoms with E-state index in [1.165, 1.54) is 24.3 Å². The topological polar surface area (TPSA) is 87.7 Å². The van der Waals surface area contributed by atoms with Crippen LogP contribution in [0.15, 0.2) is 48.5 Å². The third-order valence-corrected chi connectivity index (χ3v) is 4.01. The van der Waals surface area contributed by atoms with Crippen molar-refractivity contribution in [2.45, 2.75) is 12.8 Å². The molecule has 7 nitrogen and oxygen atoms in total. The summed E-state index contributed by atoms with van der Waals surface area (Å²) in [7, 11) is 0. The third kappa shape index (κ3) is 4.81. The van der Waals surface area contributed by atoms with Crippen molar-refractivity contribution in [3.8, 4) is 5.75 Å². The number of halogens is 1. The molecule has 0 saturated carbocycles. The molecule has 8 heteroatoms. The van der Waals surface area contributed by atoms with Crippen LogP contribution in [0, 0.1) is 5.82 Å². The Bertz CT molecular complexity index is 837. The molecule has 3 rings (SSSR count). The lowest BCUT2D eigenvalue weighted by atomic mass is 10.2. The lowest BCUT2D eigenvalue weighted by Gasteiger charge is -2.16. The summed E-state index contributed by atoms with van der Waals surface area (Å²) >= 11 is 0. The summed E-state index contributed by atoms with van der Waals surface area (Å²) < 4.78 is 18.0. The van der Waals surface area contributed by atoms with Gasteiger partial charge in [-0.25, -0.2) is 4.39 Å². The van der Waals surface area contributed by atoms with Gasteiger partial charge in [0.15, 0.2) is 6.61 Å². The average molecular weight is 371 g/mol. The molecule has 1 fully saturated rings. The number of ether oxygens (including phenoxy) is 1. The van der Waals surface area contributed by atoms with Crippen LogP contribution in [-0.4, -0.2) is 30.9 Å². The first-order valence-electron chi connectivity index (χ1n) is 8.41. The van der Waals surface area contributed by atoms with E-state index in [4.69, 9.17) is 4.74 Å². The van der Waals surface area contributed by atoms with E-state index >= 15 is 0 Å². The molecule has 0 spiro atoms. The van der Waals surface area contributed by atoms with Crippen LogP contribution < -0.4 is 20.5 Å². The van der Waals surface area contributed by atoms with Crippen molar-refractivity contribution in [3.05, 3.63) is 59.9 Å². The van der Waals surface area contributed by atoms with Crippen LogP contribution in [-0.2, 0) is 9.59 Å². The van der Waals surface area contributed by atoms with Crippen LogP contribution >= 0.6 is 0 Å². The zero-order chi connectivity index (χ0) is 19.2. The van der Waals surface area contributed by atoms with E-state index in [-0.39, 0.29) is 12.5 Å². The van der Waals surface area contributed by atoms with Crippen LogP contribution in [0.1, 0.15) is 23.2 Å². The zero-order valence-corrected chi connectivity index (χ0v) is 14.4. The van der Waals surface area contributed by atoms with Gasteiger partial charge in [-0.3, -0.25) is 25.2 Å².